The number of hydrogen-bond acceptors (Lipinski definition) is 5. The molecule has 0 aliphatic carbocycles. The number of nitrogens with zero attached hydrogens (tertiary/aromatic N) is 3. The molecule has 2 aromatic rings. The van der Waals surface area contributed by atoms with E-state index in [1.807, 2.05) is 0 Å². The van der Waals surface area contributed by atoms with Crippen LogP contribution in [0.4, 0.5) is 5.69 Å². The van der Waals surface area contributed by atoms with E-state index in [2.05, 4.69) is 10.4 Å². The Labute approximate surface area is 135 Å². The van der Waals surface area contributed by atoms with Crippen LogP contribution < -0.4 is 10.9 Å². The van der Waals surface area contributed by atoms with E-state index in [1.54, 1.807) is 6.07 Å². The number of carbonyl (C=O) groups excluding carboxylic acids is 1. The zero-order chi connectivity index (χ0) is 16.8. The molecule has 23 heavy (non-hydrogen) atoms. The number of carbonyl (C=O) groups is 1. The van der Waals surface area contributed by atoms with Crippen molar-refractivity contribution in [1.82, 2.24) is 15.1 Å². The molecule has 2 rings (SSSR count). The summed E-state index contributed by atoms with van der Waals surface area (Å²) < 4.78 is 1.29. The monoisotopic (exact) mass is 336 g/mol. The molecule has 0 fully saturated rings. The Morgan fingerprint density at radius 1 is 1.39 bits per heavy atom. The number of benzene rings is 1. The van der Waals surface area contributed by atoms with Crippen molar-refractivity contribution in [2.24, 2.45) is 0 Å². The summed E-state index contributed by atoms with van der Waals surface area (Å²) in [6.45, 7) is 0.666. The molecule has 0 saturated heterocycles. The highest BCUT2D eigenvalue weighted by Crippen LogP contribution is 2.24. The van der Waals surface area contributed by atoms with Crippen LogP contribution in [-0.2, 0) is 6.54 Å². The van der Waals surface area contributed by atoms with Crippen molar-refractivity contribution in [1.29, 1.82) is 0 Å². The van der Waals surface area contributed by atoms with Crippen LogP contribution in [0.1, 0.15) is 16.8 Å². The third-order valence-electron chi connectivity index (χ3n) is 3.02. The van der Waals surface area contributed by atoms with Crippen molar-refractivity contribution in [3.63, 3.8) is 0 Å². The van der Waals surface area contributed by atoms with Crippen LogP contribution in [0.5, 0.6) is 0 Å². The SMILES string of the molecule is O=C(NCCCn1ncccc1=O)c1ccc(Cl)c([N+](=O)[O-])c1. The Morgan fingerprint density at radius 3 is 2.87 bits per heavy atom. The molecule has 0 spiro atoms. The number of halogens is 1. The van der Waals surface area contributed by atoms with Gasteiger partial charge in [0.15, 0.2) is 0 Å². The maximum absolute atomic E-state index is 11.9. The minimum Gasteiger partial charge on any atom is -0.352 e. The Hall–Kier alpha value is -2.74. The number of aryl methyl sites for hydroxylation is 1. The Balaban J connectivity index is 1.90. The number of aromatic nitrogens is 2. The summed E-state index contributed by atoms with van der Waals surface area (Å²) in [5, 5.41) is 17.3. The first-order chi connectivity index (χ1) is 11.0. The Morgan fingerprint density at radius 2 is 2.17 bits per heavy atom. The van der Waals surface area contributed by atoms with Gasteiger partial charge in [0.05, 0.1) is 4.92 Å². The van der Waals surface area contributed by atoms with Gasteiger partial charge in [0.2, 0.25) is 0 Å². The maximum Gasteiger partial charge on any atom is 0.288 e. The molecule has 0 radical (unpaired) electrons. The molecule has 0 saturated carbocycles. The fourth-order valence-corrected chi connectivity index (χ4v) is 2.07. The predicted molar refractivity (Wildman–Crippen MR) is 83.6 cm³/mol. The second-order valence-corrected chi connectivity index (χ2v) is 5.02. The first-order valence-corrected chi connectivity index (χ1v) is 7.11. The van der Waals surface area contributed by atoms with Gasteiger partial charge in [0, 0.05) is 37.0 Å². The number of nitro benzene ring substituents is 1. The van der Waals surface area contributed by atoms with Gasteiger partial charge in [-0.2, -0.15) is 5.10 Å². The summed E-state index contributed by atoms with van der Waals surface area (Å²) in [5.74, 6) is -0.446. The molecule has 0 aliphatic heterocycles. The Kier molecular flexibility index (Phi) is 5.42. The molecule has 9 heteroatoms. The fourth-order valence-electron chi connectivity index (χ4n) is 1.88. The second kappa shape index (κ2) is 7.50. The molecule has 0 unspecified atom stereocenters. The zero-order valence-electron chi connectivity index (χ0n) is 11.9. The van der Waals surface area contributed by atoms with Gasteiger partial charge in [-0.25, -0.2) is 4.68 Å². The normalized spacial score (nSPS) is 10.3. The molecule has 1 aromatic carbocycles. The van der Waals surface area contributed by atoms with Crippen LogP contribution in [0.2, 0.25) is 5.02 Å². The molecule has 0 atom stereocenters. The first-order valence-electron chi connectivity index (χ1n) is 6.73. The van der Waals surface area contributed by atoms with Crippen LogP contribution in [0.15, 0.2) is 41.3 Å². The number of nitrogens with one attached hydrogen (secondary N) is 1. The molecule has 8 nitrogen and oxygen atoms in total. The van der Waals surface area contributed by atoms with Crippen molar-refractivity contribution in [3.8, 4) is 0 Å². The highest BCUT2D eigenvalue weighted by molar-refractivity contribution is 6.32. The van der Waals surface area contributed by atoms with E-state index in [1.165, 1.54) is 29.1 Å². The molecule has 1 heterocycles. The minimum absolute atomic E-state index is 0.0268. The third kappa shape index (κ3) is 4.36. The maximum atomic E-state index is 11.9. The van der Waals surface area contributed by atoms with Gasteiger partial charge in [0.1, 0.15) is 5.02 Å². The van der Waals surface area contributed by atoms with Gasteiger partial charge in [-0.1, -0.05) is 11.6 Å². The van der Waals surface area contributed by atoms with Crippen molar-refractivity contribution < 1.29 is 9.72 Å². The number of rotatable bonds is 6. The zero-order valence-corrected chi connectivity index (χ0v) is 12.7. The lowest BCUT2D eigenvalue weighted by molar-refractivity contribution is -0.384. The van der Waals surface area contributed by atoms with E-state index < -0.39 is 10.8 Å². The first kappa shape index (κ1) is 16.6. The summed E-state index contributed by atoms with van der Waals surface area (Å²) >= 11 is 5.69. The van der Waals surface area contributed by atoms with E-state index in [4.69, 9.17) is 11.6 Å². The molecule has 1 N–H and O–H groups in total. The van der Waals surface area contributed by atoms with E-state index in [0.717, 1.165) is 6.07 Å². The second-order valence-electron chi connectivity index (χ2n) is 4.62. The largest absolute Gasteiger partial charge is 0.352 e. The summed E-state index contributed by atoms with van der Waals surface area (Å²) in [6.07, 6.45) is 2.01. The summed E-state index contributed by atoms with van der Waals surface area (Å²) in [5.41, 5.74) is -0.386. The lowest BCUT2D eigenvalue weighted by Gasteiger charge is -2.06. The third-order valence-corrected chi connectivity index (χ3v) is 3.34. The molecular formula is C14H13ClN4O4. The van der Waals surface area contributed by atoms with E-state index in [0.29, 0.717) is 19.5 Å². The number of amides is 1. The van der Waals surface area contributed by atoms with Crippen LogP contribution in [0, 0.1) is 10.1 Å². The Bertz CT molecular complexity index is 790. The lowest BCUT2D eigenvalue weighted by atomic mass is 10.2. The average Bonchev–Trinajstić information content (AvgIpc) is 2.53. The quantitative estimate of drug-likeness (QED) is 0.490. The summed E-state index contributed by atoms with van der Waals surface area (Å²) in [6, 6.07) is 6.79. The molecule has 1 aromatic heterocycles. The van der Waals surface area contributed by atoms with Crippen LogP contribution in [-0.4, -0.2) is 27.2 Å². The van der Waals surface area contributed by atoms with Crippen LogP contribution in [0.25, 0.3) is 0 Å². The summed E-state index contributed by atoms with van der Waals surface area (Å²) in [7, 11) is 0. The van der Waals surface area contributed by atoms with Gasteiger partial charge in [0.25, 0.3) is 17.2 Å². The van der Waals surface area contributed by atoms with Crippen molar-refractivity contribution >= 4 is 23.2 Å². The number of hydrogen-bond donors (Lipinski definition) is 1. The van der Waals surface area contributed by atoms with Gasteiger partial charge in [-0.3, -0.25) is 19.7 Å². The molecular weight excluding hydrogens is 324 g/mol. The number of nitro groups is 1. The van der Waals surface area contributed by atoms with Crippen LogP contribution >= 0.6 is 11.6 Å². The summed E-state index contributed by atoms with van der Waals surface area (Å²) in [4.78, 5) is 33.5. The van der Waals surface area contributed by atoms with E-state index in [-0.39, 0.29) is 21.8 Å². The highest BCUT2D eigenvalue weighted by atomic mass is 35.5. The van der Waals surface area contributed by atoms with Crippen LogP contribution in [0.3, 0.4) is 0 Å². The molecule has 0 aliphatic rings. The van der Waals surface area contributed by atoms with Gasteiger partial charge in [-0.05, 0) is 24.6 Å². The topological polar surface area (TPSA) is 107 Å². The molecule has 120 valence electrons. The standard InChI is InChI=1S/C14H13ClN4O4/c15-11-5-4-10(9-12(11)19(22)23)14(21)16-6-2-8-18-13(20)3-1-7-17-18/h1,3-5,7,9H,2,6,8H2,(H,16,21). The van der Waals surface area contributed by atoms with E-state index in [9.17, 15) is 19.7 Å². The smallest absolute Gasteiger partial charge is 0.288 e. The van der Waals surface area contributed by atoms with Crippen molar-refractivity contribution in [2.45, 2.75) is 13.0 Å². The van der Waals surface area contributed by atoms with Crippen molar-refractivity contribution in [3.05, 3.63) is 67.6 Å². The fraction of sp³-hybridized carbons (Fsp3) is 0.214. The molecule has 1 amide bonds. The highest BCUT2D eigenvalue weighted by Gasteiger charge is 2.15. The van der Waals surface area contributed by atoms with Crippen molar-refractivity contribution in [2.75, 3.05) is 6.54 Å². The van der Waals surface area contributed by atoms with Gasteiger partial charge >= 0.3 is 0 Å². The van der Waals surface area contributed by atoms with E-state index >= 15 is 0 Å². The van der Waals surface area contributed by atoms with Gasteiger partial charge in [-0.15, -0.1) is 0 Å². The van der Waals surface area contributed by atoms with Gasteiger partial charge < -0.3 is 5.32 Å². The molecule has 0 bridgehead atoms. The average molecular weight is 337 g/mol. The predicted octanol–water partition coefficient (Wildman–Crippen LogP) is 1.62. The lowest BCUT2D eigenvalue weighted by Crippen LogP contribution is -2.27. The minimum atomic E-state index is -0.646.